The number of rotatable bonds is 16. The van der Waals surface area contributed by atoms with Crippen LogP contribution < -0.4 is 42.5 Å². The molecule has 0 saturated carbocycles. The minimum absolute atomic E-state index is 0.0109. The zero-order valence-corrected chi connectivity index (χ0v) is 71.4. The predicted octanol–water partition coefficient (Wildman–Crippen LogP) is 15.1. The van der Waals surface area contributed by atoms with Crippen LogP contribution in [0.2, 0.25) is 25.1 Å². The fourth-order valence-corrected chi connectivity index (χ4v) is 16.5. The van der Waals surface area contributed by atoms with Gasteiger partial charge in [-0.3, -0.25) is 46.1 Å². The lowest BCUT2D eigenvalue weighted by Gasteiger charge is -2.37. The van der Waals surface area contributed by atoms with E-state index in [1.807, 2.05) is 60.7 Å². The van der Waals surface area contributed by atoms with Gasteiger partial charge in [0, 0.05) is 51.4 Å². The largest absolute Gasteiger partial charge is 0.507 e. The first-order chi connectivity index (χ1) is 61.2. The van der Waals surface area contributed by atoms with Crippen LogP contribution >= 0.6 is 58.0 Å². The third-order valence-electron chi connectivity index (χ3n) is 22.2. The summed E-state index contributed by atoms with van der Waals surface area (Å²) in [5.41, 5.74) is 17.6. The van der Waals surface area contributed by atoms with Crippen LogP contribution in [0, 0.1) is 0 Å². The van der Waals surface area contributed by atoms with Crippen molar-refractivity contribution >= 4 is 138 Å². The van der Waals surface area contributed by atoms with Gasteiger partial charge < -0.3 is 56.3 Å². The Morgan fingerprint density at radius 2 is 0.921 bits per heavy atom. The number of phenolic OH excluding ortho intramolecular Hbond substituents is 3. The van der Waals surface area contributed by atoms with Crippen LogP contribution in [0.1, 0.15) is 70.0 Å². The van der Waals surface area contributed by atoms with Gasteiger partial charge >= 0.3 is 11.9 Å². The predicted molar refractivity (Wildman–Crippen MR) is 485 cm³/mol. The van der Waals surface area contributed by atoms with E-state index in [2.05, 4.69) is 52.4 Å². The number of nitrogen functional groups attached to an aromatic ring is 1. The molecular formula is C91H75Cl5N18O13. The molecule has 0 unspecified atom stereocenters. The number of nitrogens with two attached hydrogens (primary N) is 2. The summed E-state index contributed by atoms with van der Waals surface area (Å²) in [5, 5.41) is 80.1. The van der Waals surface area contributed by atoms with Crippen molar-refractivity contribution in [3.05, 3.63) is 303 Å². The summed E-state index contributed by atoms with van der Waals surface area (Å²) < 4.78 is 20.0. The van der Waals surface area contributed by atoms with Crippen LogP contribution in [0.4, 0.5) is 11.6 Å². The molecule has 127 heavy (non-hydrogen) atoms. The first-order valence-electron chi connectivity index (χ1n) is 39.5. The SMILES string of the molecule is CC1(N)CCN(c2cnc(-c3cccc(Cl)c3Cl)c(N)n2)CC1.COc1cccc(-c2nnc3n(Cc4ccc(C(=O)N5CCC[C@H]5C(=O)O)cc4Cl)c(=O)c4ccccc4n23)c1O.COc1cccc(-c2nnc3n(Cc4ccccc4Cl)c(=O)c4ccccc4n23)c1O.O=C(O)c1ccc(O)c(-c2nnc3n(Cc4ccccc4Cl)c(=O)c4ccccc4n23)c1. The number of aromatic nitrogens is 14. The Kier molecular flexibility index (Phi) is 24.4. The molecule has 17 aromatic rings. The van der Waals surface area contributed by atoms with Crippen LogP contribution in [0.25, 0.3) is 95.5 Å². The quantitative estimate of drug-likeness (QED) is 0.0472. The molecular weight excluding hydrogens is 1730 g/mol. The maximum atomic E-state index is 13.7. The molecule has 0 aliphatic carbocycles. The fraction of sp³-hybridized carbons (Fsp3) is 0.165. The van der Waals surface area contributed by atoms with Gasteiger partial charge in [0.15, 0.2) is 46.3 Å². The van der Waals surface area contributed by atoms with E-state index >= 15 is 0 Å². The number of amides is 1. The van der Waals surface area contributed by atoms with E-state index in [1.165, 1.54) is 57.1 Å². The van der Waals surface area contributed by atoms with E-state index in [1.54, 1.807) is 147 Å². The Morgan fingerprint density at radius 1 is 0.488 bits per heavy atom. The average molecular weight is 1810 g/mol. The highest BCUT2D eigenvalue weighted by Crippen LogP contribution is 2.41. The maximum absolute atomic E-state index is 13.7. The molecule has 19 rings (SSSR count). The molecule has 9 N–H and O–H groups in total. The highest BCUT2D eigenvalue weighted by Gasteiger charge is 2.36. The van der Waals surface area contributed by atoms with E-state index in [0.717, 1.165) is 42.9 Å². The van der Waals surface area contributed by atoms with E-state index in [9.17, 15) is 54.3 Å². The normalized spacial score (nSPS) is 13.6. The van der Waals surface area contributed by atoms with Crippen molar-refractivity contribution in [2.75, 3.05) is 44.5 Å². The number of carbonyl (C=O) groups excluding carboxylic acids is 1. The van der Waals surface area contributed by atoms with Gasteiger partial charge in [-0.05, 0) is 158 Å². The number of carboxylic acids is 2. The second-order valence-electron chi connectivity index (χ2n) is 30.1. The van der Waals surface area contributed by atoms with Crippen molar-refractivity contribution < 1.29 is 49.4 Å². The molecule has 31 nitrogen and oxygen atoms in total. The summed E-state index contributed by atoms with van der Waals surface area (Å²) in [5.74, 6) is 0.530. The minimum Gasteiger partial charge on any atom is -0.507 e. The van der Waals surface area contributed by atoms with E-state index < -0.39 is 23.9 Å². The standard InChI is InChI=1S/C29H24ClN5O6.C23H15ClN4O4.C23H17ClN4O3.C16H19Cl2N5/c1-41-23-10-4-7-19(24(23)36)25-31-32-29-34(27(38)18-6-2-3-8-21(18)35(25)29)15-17-12-11-16(14-20(17)30)26(37)33-13-5-9-22(33)28(39)40;24-17-7-3-1-5-14(17)12-27-21(30)15-6-2-4-8-18(15)28-20(25-26-23(27)28)16-11-13(22(31)32)9-10-19(16)29;1-31-19-12-6-9-16(20(19)29)21-25-26-23-27(13-14-7-2-4-10-17(14)24)22(30)15-8-3-5-11-18(15)28(21)23;1-16(20)5-7-23(8-6-16)12-9-21-14(15(19)22-12)10-3-2-4-11(17)13(10)18/h2-4,6-8,10-12,14,22,36H,5,9,13,15H2,1H3,(H,39,40);1-11,29H,12H2,(H,31,32);2-12,29H,13H2,1H3;2-4,9H,5-8,20H2,1H3,(H2,19,22)/t22-;;;/m0.../s1. The monoisotopic (exact) mass is 1800 g/mol. The fourth-order valence-electron chi connectivity index (χ4n) is 15.5. The summed E-state index contributed by atoms with van der Waals surface area (Å²) in [6.45, 7) is 4.54. The number of piperidine rings is 1. The van der Waals surface area contributed by atoms with Gasteiger partial charge in [0.2, 0.25) is 17.3 Å². The highest BCUT2D eigenvalue weighted by molar-refractivity contribution is 6.43. The Labute approximate surface area is 745 Å². The molecule has 7 aromatic heterocycles. The van der Waals surface area contributed by atoms with E-state index in [0.29, 0.717) is 129 Å². The number of aliphatic carboxylic acids is 1. The molecule has 642 valence electrons. The first kappa shape index (κ1) is 86.1. The number of carboxylic acid groups (broad SMARTS) is 2. The Morgan fingerprint density at radius 3 is 1.38 bits per heavy atom. The summed E-state index contributed by atoms with van der Waals surface area (Å²) in [4.78, 5) is 88.9. The van der Waals surface area contributed by atoms with Crippen LogP contribution in [0.3, 0.4) is 0 Å². The average Bonchev–Trinajstić information content (AvgIpc) is 1.64. The number of ether oxygens (including phenoxy) is 2. The molecule has 36 heteroatoms. The van der Waals surface area contributed by atoms with Gasteiger partial charge in [0.05, 0.1) is 105 Å². The zero-order chi connectivity index (χ0) is 89.4. The summed E-state index contributed by atoms with van der Waals surface area (Å²) >= 11 is 31.6. The number of likely N-dealkylation sites (tertiary alicyclic amines) is 1. The smallest absolute Gasteiger partial charge is 0.335 e. The molecule has 0 spiro atoms. The van der Waals surface area contributed by atoms with Crippen molar-refractivity contribution in [3.63, 3.8) is 0 Å². The zero-order valence-electron chi connectivity index (χ0n) is 67.6. The van der Waals surface area contributed by atoms with Crippen LogP contribution in [0.15, 0.2) is 233 Å². The lowest BCUT2D eigenvalue weighted by Crippen LogP contribution is -2.48. The van der Waals surface area contributed by atoms with Crippen molar-refractivity contribution in [2.24, 2.45) is 5.73 Å². The van der Waals surface area contributed by atoms with Gasteiger partial charge in [-0.1, -0.05) is 161 Å². The Balaban J connectivity index is 0.000000127. The lowest BCUT2D eigenvalue weighted by molar-refractivity contribution is -0.141. The number of methoxy groups -OCH3 is 2. The topological polar surface area (TPSA) is 412 Å². The number of halogens is 5. The second-order valence-corrected chi connectivity index (χ2v) is 32.1. The molecule has 2 fully saturated rings. The van der Waals surface area contributed by atoms with Gasteiger partial charge in [-0.25, -0.2) is 19.6 Å². The van der Waals surface area contributed by atoms with E-state index in [-0.39, 0.29) is 104 Å². The third kappa shape index (κ3) is 16.8. The van der Waals surface area contributed by atoms with E-state index in [4.69, 9.17) is 78.9 Å². The number of aromatic carboxylic acids is 1. The highest BCUT2D eigenvalue weighted by atomic mass is 35.5. The van der Waals surface area contributed by atoms with Gasteiger partial charge in [0.1, 0.15) is 23.3 Å². The molecule has 1 atom stereocenters. The summed E-state index contributed by atoms with van der Waals surface area (Å²) in [6, 6.07) is 59.1. The lowest BCUT2D eigenvalue weighted by atomic mass is 9.91. The second kappa shape index (κ2) is 36.0. The molecule has 2 aliphatic heterocycles. The maximum Gasteiger partial charge on any atom is 0.335 e. The third-order valence-corrected chi connectivity index (χ3v) is 24.1. The number of fused-ring (bicyclic) bond motifs is 9. The Bertz CT molecular complexity index is 7430. The van der Waals surface area contributed by atoms with Gasteiger partial charge in [-0.15, -0.1) is 30.6 Å². The molecule has 2 saturated heterocycles. The number of nitrogens with zero attached hydrogens (tertiary/aromatic N) is 16. The van der Waals surface area contributed by atoms with Crippen molar-refractivity contribution in [2.45, 2.75) is 63.8 Å². The van der Waals surface area contributed by atoms with Crippen LogP contribution in [-0.4, -0.2) is 161 Å². The minimum atomic E-state index is -1.14. The molecule has 9 heterocycles. The molecule has 0 bridgehead atoms. The van der Waals surface area contributed by atoms with Crippen LogP contribution in [-0.2, 0) is 24.4 Å². The summed E-state index contributed by atoms with van der Waals surface area (Å²) in [7, 11) is 2.93. The van der Waals surface area contributed by atoms with Gasteiger partial charge in [-0.2, -0.15) is 0 Å². The molecule has 2 aliphatic rings. The number of anilines is 2. The van der Waals surface area contributed by atoms with Crippen molar-refractivity contribution in [1.29, 1.82) is 0 Å². The number of para-hydroxylation sites is 5. The number of aromatic hydroxyl groups is 3. The molecule has 10 aromatic carbocycles. The first-order valence-corrected chi connectivity index (χ1v) is 41.4. The van der Waals surface area contributed by atoms with Crippen molar-refractivity contribution in [3.8, 4) is 74.2 Å². The Hall–Kier alpha value is -14.5. The molecule has 1 amide bonds. The molecule has 0 radical (unpaired) electrons. The number of hydrogen-bond donors (Lipinski definition) is 7. The summed E-state index contributed by atoms with van der Waals surface area (Å²) in [6.07, 6.45) is 4.57. The number of phenols is 3. The van der Waals surface area contributed by atoms with Crippen LogP contribution in [0.5, 0.6) is 28.7 Å². The number of hydrogen-bond acceptors (Lipinski definition) is 22. The van der Waals surface area contributed by atoms with Crippen molar-refractivity contribution in [1.82, 2.24) is 72.4 Å². The van der Waals surface area contributed by atoms with Gasteiger partial charge in [0.25, 0.3) is 22.6 Å². The number of benzene rings is 10. The number of carbonyl (C=O) groups is 3.